The second kappa shape index (κ2) is 5.59. The molecule has 1 fully saturated rings. The Morgan fingerprint density at radius 1 is 1.22 bits per heavy atom. The minimum absolute atomic E-state index is 0.641. The molecule has 0 aliphatic carbocycles. The summed E-state index contributed by atoms with van der Waals surface area (Å²) < 4.78 is 11.1. The Kier molecular flexibility index (Phi) is 3.67. The quantitative estimate of drug-likeness (QED) is 0.832. The molecule has 0 aromatic heterocycles. The Morgan fingerprint density at radius 3 is 2.94 bits per heavy atom. The maximum absolute atomic E-state index is 5.59. The molecule has 1 aromatic rings. The molecule has 98 valence electrons. The number of rotatable bonds is 4. The zero-order valence-electron chi connectivity index (χ0n) is 10.6. The van der Waals surface area contributed by atoms with Gasteiger partial charge in [-0.05, 0) is 43.6 Å². The largest absolute Gasteiger partial charge is 0.486 e. The highest BCUT2D eigenvalue weighted by atomic mass is 16.6. The van der Waals surface area contributed by atoms with E-state index in [0.29, 0.717) is 19.3 Å². The van der Waals surface area contributed by atoms with Crippen LogP contribution in [-0.4, -0.2) is 38.9 Å². The molecule has 3 rings (SSSR count). The lowest BCUT2D eigenvalue weighted by atomic mass is 10.1. The predicted molar refractivity (Wildman–Crippen MR) is 70.4 cm³/mol. The van der Waals surface area contributed by atoms with Gasteiger partial charge < -0.3 is 20.1 Å². The molecular formula is C14H20N2O2. The van der Waals surface area contributed by atoms with E-state index in [2.05, 4.69) is 22.8 Å². The molecular weight excluding hydrogens is 228 g/mol. The van der Waals surface area contributed by atoms with Crippen molar-refractivity contribution in [3.05, 3.63) is 23.8 Å². The Bertz CT molecular complexity index is 403. The summed E-state index contributed by atoms with van der Waals surface area (Å²) in [4.78, 5) is 0. The molecule has 0 radical (unpaired) electrons. The van der Waals surface area contributed by atoms with Crippen molar-refractivity contribution in [2.24, 2.45) is 0 Å². The molecule has 2 aliphatic rings. The third-order valence-corrected chi connectivity index (χ3v) is 3.51. The number of ether oxygens (including phenoxy) is 2. The Balaban J connectivity index is 1.52. The summed E-state index contributed by atoms with van der Waals surface area (Å²) >= 11 is 0. The molecule has 4 nitrogen and oxygen atoms in total. The van der Waals surface area contributed by atoms with E-state index >= 15 is 0 Å². The monoisotopic (exact) mass is 248 g/mol. The molecule has 1 unspecified atom stereocenters. The van der Waals surface area contributed by atoms with E-state index in [1.165, 1.54) is 12.0 Å². The van der Waals surface area contributed by atoms with E-state index in [1.807, 2.05) is 6.07 Å². The summed E-state index contributed by atoms with van der Waals surface area (Å²) in [5.74, 6) is 1.76. The second-order valence-electron chi connectivity index (χ2n) is 4.87. The van der Waals surface area contributed by atoms with Crippen molar-refractivity contribution in [3.8, 4) is 11.5 Å². The predicted octanol–water partition coefficient (Wildman–Crippen LogP) is 0.952. The van der Waals surface area contributed by atoms with E-state index in [1.54, 1.807) is 0 Å². The lowest BCUT2D eigenvalue weighted by Crippen LogP contribution is -2.32. The number of fused-ring (bicyclic) bond motifs is 1. The lowest BCUT2D eigenvalue weighted by Gasteiger charge is -2.19. The number of hydrogen-bond donors (Lipinski definition) is 2. The maximum atomic E-state index is 5.59. The minimum atomic E-state index is 0.641. The standard InChI is InChI=1S/C14H20N2O2/c1-2-13-14(18-8-7-17-13)9-11(1)3-6-16-12-4-5-15-10-12/h1-2,9,12,15-16H,3-8,10H2. The van der Waals surface area contributed by atoms with Crippen molar-refractivity contribution in [1.82, 2.24) is 10.6 Å². The molecule has 4 heteroatoms. The van der Waals surface area contributed by atoms with Gasteiger partial charge >= 0.3 is 0 Å². The molecule has 18 heavy (non-hydrogen) atoms. The van der Waals surface area contributed by atoms with Crippen molar-refractivity contribution in [2.45, 2.75) is 18.9 Å². The van der Waals surface area contributed by atoms with Gasteiger partial charge in [0.2, 0.25) is 0 Å². The molecule has 1 aromatic carbocycles. The Hall–Kier alpha value is -1.26. The first-order valence-corrected chi connectivity index (χ1v) is 6.74. The molecule has 1 atom stereocenters. The number of benzene rings is 1. The maximum Gasteiger partial charge on any atom is 0.161 e. The molecule has 0 bridgehead atoms. The molecule has 1 saturated heterocycles. The first kappa shape index (κ1) is 11.8. The van der Waals surface area contributed by atoms with Gasteiger partial charge in [0.05, 0.1) is 0 Å². The van der Waals surface area contributed by atoms with Crippen LogP contribution in [0.5, 0.6) is 11.5 Å². The highest BCUT2D eigenvalue weighted by Crippen LogP contribution is 2.30. The van der Waals surface area contributed by atoms with Gasteiger partial charge in [0, 0.05) is 12.6 Å². The van der Waals surface area contributed by atoms with Crippen molar-refractivity contribution in [1.29, 1.82) is 0 Å². The van der Waals surface area contributed by atoms with Crippen LogP contribution < -0.4 is 20.1 Å². The summed E-state index contributed by atoms with van der Waals surface area (Å²) in [5.41, 5.74) is 1.30. The van der Waals surface area contributed by atoms with Crippen LogP contribution in [0, 0.1) is 0 Å². The van der Waals surface area contributed by atoms with Gasteiger partial charge in [0.25, 0.3) is 0 Å². The molecule has 2 aliphatic heterocycles. The van der Waals surface area contributed by atoms with Gasteiger partial charge in [-0.25, -0.2) is 0 Å². The summed E-state index contributed by atoms with van der Waals surface area (Å²) in [5, 5.41) is 6.94. The SMILES string of the molecule is c1cc2c(cc1CCNC1CCNC1)OCCO2. The van der Waals surface area contributed by atoms with Crippen LogP contribution in [0.2, 0.25) is 0 Å². The highest BCUT2D eigenvalue weighted by molar-refractivity contribution is 5.43. The number of nitrogens with one attached hydrogen (secondary N) is 2. The van der Waals surface area contributed by atoms with Crippen LogP contribution in [0.1, 0.15) is 12.0 Å². The average Bonchev–Trinajstić information content (AvgIpc) is 2.92. The van der Waals surface area contributed by atoms with Crippen LogP contribution in [0.25, 0.3) is 0 Å². The van der Waals surface area contributed by atoms with Crippen LogP contribution in [0.3, 0.4) is 0 Å². The first-order chi connectivity index (χ1) is 8.92. The van der Waals surface area contributed by atoms with Crippen molar-refractivity contribution >= 4 is 0 Å². The summed E-state index contributed by atoms with van der Waals surface area (Å²) in [6.45, 7) is 4.57. The van der Waals surface area contributed by atoms with E-state index in [4.69, 9.17) is 9.47 Å². The third-order valence-electron chi connectivity index (χ3n) is 3.51. The molecule has 2 heterocycles. The fourth-order valence-corrected chi connectivity index (χ4v) is 2.49. The Morgan fingerprint density at radius 2 is 2.11 bits per heavy atom. The van der Waals surface area contributed by atoms with Crippen molar-refractivity contribution < 1.29 is 9.47 Å². The minimum Gasteiger partial charge on any atom is -0.486 e. The van der Waals surface area contributed by atoms with Crippen molar-refractivity contribution in [3.63, 3.8) is 0 Å². The van der Waals surface area contributed by atoms with E-state index in [-0.39, 0.29) is 0 Å². The van der Waals surface area contributed by atoms with Gasteiger partial charge in [0.15, 0.2) is 11.5 Å². The van der Waals surface area contributed by atoms with E-state index < -0.39 is 0 Å². The summed E-state index contributed by atoms with van der Waals surface area (Å²) in [6, 6.07) is 6.88. The fourth-order valence-electron chi connectivity index (χ4n) is 2.49. The topological polar surface area (TPSA) is 42.5 Å². The fraction of sp³-hybridized carbons (Fsp3) is 0.571. The molecule has 0 amide bonds. The van der Waals surface area contributed by atoms with Crippen LogP contribution in [0.4, 0.5) is 0 Å². The van der Waals surface area contributed by atoms with Crippen LogP contribution in [-0.2, 0) is 6.42 Å². The van der Waals surface area contributed by atoms with Gasteiger partial charge in [-0.3, -0.25) is 0 Å². The molecule has 0 spiro atoms. The Labute approximate surface area is 108 Å². The zero-order chi connectivity index (χ0) is 12.2. The summed E-state index contributed by atoms with van der Waals surface area (Å²) in [7, 11) is 0. The van der Waals surface area contributed by atoms with E-state index in [9.17, 15) is 0 Å². The first-order valence-electron chi connectivity index (χ1n) is 6.74. The summed E-state index contributed by atoms with van der Waals surface area (Å²) in [6.07, 6.45) is 2.27. The van der Waals surface area contributed by atoms with Crippen LogP contribution >= 0.6 is 0 Å². The van der Waals surface area contributed by atoms with Crippen LogP contribution in [0.15, 0.2) is 18.2 Å². The van der Waals surface area contributed by atoms with Gasteiger partial charge in [-0.2, -0.15) is 0 Å². The van der Waals surface area contributed by atoms with Gasteiger partial charge in [-0.1, -0.05) is 6.07 Å². The smallest absolute Gasteiger partial charge is 0.161 e. The zero-order valence-corrected chi connectivity index (χ0v) is 10.6. The van der Waals surface area contributed by atoms with E-state index in [0.717, 1.165) is 37.6 Å². The number of hydrogen-bond acceptors (Lipinski definition) is 4. The normalized spacial score (nSPS) is 22.1. The van der Waals surface area contributed by atoms with Crippen molar-refractivity contribution in [2.75, 3.05) is 32.8 Å². The third kappa shape index (κ3) is 2.76. The molecule has 2 N–H and O–H groups in total. The van der Waals surface area contributed by atoms with Gasteiger partial charge in [-0.15, -0.1) is 0 Å². The second-order valence-corrected chi connectivity index (χ2v) is 4.87. The highest BCUT2D eigenvalue weighted by Gasteiger charge is 2.14. The van der Waals surface area contributed by atoms with Gasteiger partial charge in [0.1, 0.15) is 13.2 Å². The lowest BCUT2D eigenvalue weighted by molar-refractivity contribution is 0.171. The average molecular weight is 248 g/mol. The molecule has 0 saturated carbocycles.